The average Bonchev–Trinajstić information content (AvgIpc) is 2.31. The van der Waals surface area contributed by atoms with E-state index in [9.17, 15) is 9.59 Å². The number of hydrogen-bond acceptors (Lipinski definition) is 2. The number of nitrogens with zero attached hydrogens (tertiary/aromatic N) is 1. The number of rotatable bonds is 4. The van der Waals surface area contributed by atoms with E-state index in [0.29, 0.717) is 12.2 Å². The minimum atomic E-state index is -1.05. The van der Waals surface area contributed by atoms with Crippen LogP contribution in [0.15, 0.2) is 18.2 Å². The number of amides is 2. The first kappa shape index (κ1) is 15.0. The Labute approximate surface area is 113 Å². The summed E-state index contributed by atoms with van der Waals surface area (Å²) in [6, 6.07) is 4.70. The second-order valence-corrected chi connectivity index (χ2v) is 4.66. The summed E-state index contributed by atoms with van der Waals surface area (Å²) in [5.74, 6) is -1.05. The van der Waals surface area contributed by atoms with E-state index in [1.807, 2.05) is 27.7 Å². The molecule has 2 N–H and O–H groups in total. The molecule has 1 aromatic rings. The van der Waals surface area contributed by atoms with Crippen LogP contribution in [0.25, 0.3) is 0 Å². The van der Waals surface area contributed by atoms with Crippen LogP contribution >= 0.6 is 0 Å². The molecule has 0 aliphatic carbocycles. The number of hydrogen-bond donors (Lipinski definition) is 2. The summed E-state index contributed by atoms with van der Waals surface area (Å²) in [6.07, 6.45) is 0. The van der Waals surface area contributed by atoms with Gasteiger partial charge in [-0.25, -0.2) is 9.59 Å². The van der Waals surface area contributed by atoms with Gasteiger partial charge in [-0.15, -0.1) is 0 Å². The molecule has 1 rings (SSSR count). The third kappa shape index (κ3) is 3.71. The summed E-state index contributed by atoms with van der Waals surface area (Å²) < 4.78 is 0. The van der Waals surface area contributed by atoms with E-state index >= 15 is 0 Å². The molecule has 0 heterocycles. The minimum Gasteiger partial charge on any atom is -0.478 e. The van der Waals surface area contributed by atoms with Gasteiger partial charge in [-0.2, -0.15) is 0 Å². The monoisotopic (exact) mass is 264 g/mol. The number of nitrogens with one attached hydrogen (secondary N) is 1. The lowest BCUT2D eigenvalue weighted by Crippen LogP contribution is -2.40. The number of carboxylic acid groups (broad SMARTS) is 1. The van der Waals surface area contributed by atoms with Gasteiger partial charge in [0.2, 0.25) is 0 Å². The summed E-state index contributed by atoms with van der Waals surface area (Å²) >= 11 is 0. The van der Waals surface area contributed by atoms with Crippen molar-refractivity contribution in [1.82, 2.24) is 4.90 Å². The first-order chi connectivity index (χ1) is 8.86. The van der Waals surface area contributed by atoms with E-state index in [1.54, 1.807) is 23.1 Å². The highest BCUT2D eigenvalue weighted by Crippen LogP contribution is 2.18. The van der Waals surface area contributed by atoms with E-state index in [1.165, 1.54) is 0 Å². The molecule has 5 heteroatoms. The normalized spacial score (nSPS) is 10.4. The van der Waals surface area contributed by atoms with E-state index in [4.69, 9.17) is 5.11 Å². The largest absolute Gasteiger partial charge is 0.478 e. The zero-order valence-electron chi connectivity index (χ0n) is 11.7. The number of aryl methyl sites for hydroxylation is 1. The van der Waals surface area contributed by atoms with Gasteiger partial charge in [-0.3, -0.25) is 0 Å². The molecule has 104 valence electrons. The van der Waals surface area contributed by atoms with Gasteiger partial charge in [0.1, 0.15) is 0 Å². The molecular formula is C14H20N2O3. The van der Waals surface area contributed by atoms with Crippen molar-refractivity contribution in [2.45, 2.75) is 33.7 Å². The Morgan fingerprint density at radius 3 is 2.47 bits per heavy atom. The van der Waals surface area contributed by atoms with Gasteiger partial charge in [0.15, 0.2) is 0 Å². The molecule has 1 aromatic carbocycles. The number of benzene rings is 1. The van der Waals surface area contributed by atoms with Crippen molar-refractivity contribution < 1.29 is 14.7 Å². The Kier molecular flexibility index (Phi) is 4.92. The smallest absolute Gasteiger partial charge is 0.337 e. The van der Waals surface area contributed by atoms with Gasteiger partial charge in [0.25, 0.3) is 0 Å². The Hall–Kier alpha value is -2.04. The number of carboxylic acids is 1. The molecule has 0 fully saturated rings. The quantitative estimate of drug-likeness (QED) is 0.878. The first-order valence-electron chi connectivity index (χ1n) is 6.28. The fraction of sp³-hybridized carbons (Fsp3) is 0.429. The summed E-state index contributed by atoms with van der Waals surface area (Å²) in [5, 5.41) is 11.8. The summed E-state index contributed by atoms with van der Waals surface area (Å²) in [6.45, 7) is 8.09. The minimum absolute atomic E-state index is 0.0590. The lowest BCUT2D eigenvalue weighted by molar-refractivity contribution is 0.0698. The molecule has 0 aliphatic rings. The van der Waals surface area contributed by atoms with Gasteiger partial charge in [0.05, 0.1) is 11.3 Å². The summed E-state index contributed by atoms with van der Waals surface area (Å²) in [4.78, 5) is 24.9. The van der Waals surface area contributed by atoms with Crippen molar-refractivity contribution >= 4 is 17.7 Å². The highest BCUT2D eigenvalue weighted by Gasteiger charge is 2.18. The van der Waals surface area contributed by atoms with Crippen LogP contribution in [0.4, 0.5) is 10.5 Å². The molecule has 0 aromatic heterocycles. The number of carbonyl (C=O) groups excluding carboxylic acids is 1. The van der Waals surface area contributed by atoms with E-state index in [2.05, 4.69) is 5.32 Å². The van der Waals surface area contributed by atoms with Crippen LogP contribution in [0, 0.1) is 6.92 Å². The lowest BCUT2D eigenvalue weighted by atomic mass is 10.1. The first-order valence-corrected chi connectivity index (χ1v) is 6.28. The van der Waals surface area contributed by atoms with E-state index in [-0.39, 0.29) is 17.6 Å². The lowest BCUT2D eigenvalue weighted by Gasteiger charge is -2.25. The van der Waals surface area contributed by atoms with E-state index < -0.39 is 5.97 Å². The Morgan fingerprint density at radius 1 is 1.37 bits per heavy atom. The van der Waals surface area contributed by atoms with Crippen molar-refractivity contribution in [3.63, 3.8) is 0 Å². The highest BCUT2D eigenvalue weighted by molar-refractivity contribution is 6.00. The van der Waals surface area contributed by atoms with Crippen molar-refractivity contribution in [3.8, 4) is 0 Å². The van der Waals surface area contributed by atoms with Crippen LogP contribution in [0.5, 0.6) is 0 Å². The Bertz CT molecular complexity index is 484. The summed E-state index contributed by atoms with van der Waals surface area (Å²) in [5.41, 5.74) is 1.27. The van der Waals surface area contributed by atoms with Crippen molar-refractivity contribution in [1.29, 1.82) is 0 Å². The van der Waals surface area contributed by atoms with Gasteiger partial charge in [-0.1, -0.05) is 11.6 Å². The van der Waals surface area contributed by atoms with Crippen LogP contribution in [0.1, 0.15) is 36.7 Å². The van der Waals surface area contributed by atoms with Crippen LogP contribution in [0.2, 0.25) is 0 Å². The molecule has 0 unspecified atom stereocenters. The maximum atomic E-state index is 12.1. The number of anilines is 1. The summed E-state index contributed by atoms with van der Waals surface area (Å²) in [7, 11) is 0. The zero-order chi connectivity index (χ0) is 14.6. The molecule has 0 saturated heterocycles. The third-order valence-corrected chi connectivity index (χ3v) is 2.87. The second kappa shape index (κ2) is 6.22. The SMILES string of the molecule is CCN(C(=O)Nc1ccc(C)cc1C(=O)O)C(C)C. The molecule has 0 radical (unpaired) electrons. The van der Waals surface area contributed by atoms with Crippen molar-refractivity contribution in [3.05, 3.63) is 29.3 Å². The molecular weight excluding hydrogens is 244 g/mol. The molecule has 0 spiro atoms. The van der Waals surface area contributed by atoms with Gasteiger partial charge in [0, 0.05) is 12.6 Å². The average molecular weight is 264 g/mol. The molecule has 2 amide bonds. The predicted octanol–water partition coefficient (Wildman–Crippen LogP) is 2.96. The maximum Gasteiger partial charge on any atom is 0.337 e. The van der Waals surface area contributed by atoms with Crippen molar-refractivity contribution in [2.75, 3.05) is 11.9 Å². The fourth-order valence-electron chi connectivity index (χ4n) is 1.87. The molecule has 5 nitrogen and oxygen atoms in total. The van der Waals surface area contributed by atoms with Crippen molar-refractivity contribution in [2.24, 2.45) is 0 Å². The standard InChI is InChI=1S/C14H20N2O3/c1-5-16(9(2)3)14(19)15-12-7-6-10(4)8-11(12)13(17)18/h6-9H,5H2,1-4H3,(H,15,19)(H,17,18). The number of aromatic carboxylic acids is 1. The molecule has 0 bridgehead atoms. The van der Waals surface area contributed by atoms with Gasteiger partial charge in [-0.05, 0) is 39.8 Å². The van der Waals surface area contributed by atoms with Crippen LogP contribution in [0.3, 0.4) is 0 Å². The zero-order valence-corrected chi connectivity index (χ0v) is 11.7. The second-order valence-electron chi connectivity index (χ2n) is 4.66. The number of carbonyl (C=O) groups is 2. The van der Waals surface area contributed by atoms with E-state index in [0.717, 1.165) is 5.56 Å². The van der Waals surface area contributed by atoms with Gasteiger partial charge >= 0.3 is 12.0 Å². The highest BCUT2D eigenvalue weighted by atomic mass is 16.4. The third-order valence-electron chi connectivity index (χ3n) is 2.87. The molecule has 0 saturated carbocycles. The Balaban J connectivity index is 2.99. The predicted molar refractivity (Wildman–Crippen MR) is 74.7 cm³/mol. The fourth-order valence-corrected chi connectivity index (χ4v) is 1.87. The topological polar surface area (TPSA) is 69.6 Å². The van der Waals surface area contributed by atoms with Crippen LogP contribution < -0.4 is 5.32 Å². The molecule has 0 atom stereocenters. The Morgan fingerprint density at radius 2 is 2.00 bits per heavy atom. The van der Waals surface area contributed by atoms with Crippen LogP contribution in [-0.4, -0.2) is 34.6 Å². The van der Waals surface area contributed by atoms with Gasteiger partial charge < -0.3 is 15.3 Å². The van der Waals surface area contributed by atoms with Crippen LogP contribution in [-0.2, 0) is 0 Å². The maximum absolute atomic E-state index is 12.1. The number of urea groups is 1. The molecule has 19 heavy (non-hydrogen) atoms. The molecule has 0 aliphatic heterocycles.